The fourth-order valence-electron chi connectivity index (χ4n) is 1.97. The lowest BCUT2D eigenvalue weighted by atomic mass is 10.1. The molecule has 0 aliphatic heterocycles. The summed E-state index contributed by atoms with van der Waals surface area (Å²) in [6.07, 6.45) is 0. The molecule has 2 rings (SSSR count). The highest BCUT2D eigenvalue weighted by Gasteiger charge is 2.09. The number of nitrogens with one attached hydrogen (secondary N) is 2. The standard InChI is InChI=1S/C16H16BrFN2O/c1-3-19-15-7-4-11(8-10(15)2)16(21)20-12-5-6-14(18)13(17)9-12/h4-9,19H,3H2,1-2H3,(H,20,21). The van der Waals surface area contributed by atoms with Crippen LogP contribution in [0.4, 0.5) is 15.8 Å². The van der Waals surface area contributed by atoms with Crippen LogP contribution >= 0.6 is 15.9 Å². The molecule has 110 valence electrons. The Morgan fingerprint density at radius 2 is 2.00 bits per heavy atom. The highest BCUT2D eigenvalue weighted by Crippen LogP contribution is 2.21. The number of carbonyl (C=O) groups excluding carboxylic acids is 1. The van der Waals surface area contributed by atoms with Gasteiger partial charge in [0.1, 0.15) is 5.82 Å². The van der Waals surface area contributed by atoms with E-state index in [0.29, 0.717) is 15.7 Å². The molecule has 0 aromatic heterocycles. The zero-order valence-electron chi connectivity index (χ0n) is 11.8. The van der Waals surface area contributed by atoms with Crippen molar-refractivity contribution in [3.63, 3.8) is 0 Å². The fraction of sp³-hybridized carbons (Fsp3) is 0.188. The lowest BCUT2D eigenvalue weighted by molar-refractivity contribution is 0.102. The summed E-state index contributed by atoms with van der Waals surface area (Å²) in [6, 6.07) is 9.84. The number of hydrogen-bond donors (Lipinski definition) is 2. The molecule has 0 bridgehead atoms. The van der Waals surface area contributed by atoms with Crippen LogP contribution in [0.25, 0.3) is 0 Å². The van der Waals surface area contributed by atoms with Crippen molar-refractivity contribution in [3.05, 3.63) is 57.8 Å². The molecule has 0 radical (unpaired) electrons. The molecule has 3 nitrogen and oxygen atoms in total. The summed E-state index contributed by atoms with van der Waals surface area (Å²) in [7, 11) is 0. The second-order valence-corrected chi connectivity index (χ2v) is 5.50. The van der Waals surface area contributed by atoms with E-state index in [9.17, 15) is 9.18 Å². The molecule has 0 aliphatic carbocycles. The minimum atomic E-state index is -0.362. The minimum Gasteiger partial charge on any atom is -0.385 e. The average Bonchev–Trinajstić information content (AvgIpc) is 2.45. The van der Waals surface area contributed by atoms with Crippen LogP contribution in [0.1, 0.15) is 22.8 Å². The fourth-order valence-corrected chi connectivity index (χ4v) is 2.35. The number of rotatable bonds is 4. The van der Waals surface area contributed by atoms with E-state index in [0.717, 1.165) is 17.8 Å². The van der Waals surface area contributed by atoms with Gasteiger partial charge in [0, 0.05) is 23.5 Å². The van der Waals surface area contributed by atoms with Gasteiger partial charge in [-0.2, -0.15) is 0 Å². The van der Waals surface area contributed by atoms with Crippen molar-refractivity contribution in [1.29, 1.82) is 0 Å². The van der Waals surface area contributed by atoms with Crippen LogP contribution in [-0.4, -0.2) is 12.5 Å². The summed E-state index contributed by atoms with van der Waals surface area (Å²) in [6.45, 7) is 4.80. The lowest BCUT2D eigenvalue weighted by Gasteiger charge is -2.10. The van der Waals surface area contributed by atoms with E-state index < -0.39 is 0 Å². The lowest BCUT2D eigenvalue weighted by Crippen LogP contribution is -2.12. The number of benzene rings is 2. The topological polar surface area (TPSA) is 41.1 Å². The van der Waals surface area contributed by atoms with E-state index in [2.05, 4.69) is 26.6 Å². The molecule has 0 spiro atoms. The molecule has 1 amide bonds. The highest BCUT2D eigenvalue weighted by molar-refractivity contribution is 9.10. The van der Waals surface area contributed by atoms with E-state index in [1.807, 2.05) is 26.0 Å². The maximum absolute atomic E-state index is 13.2. The summed E-state index contributed by atoms with van der Waals surface area (Å²) in [5.74, 6) is -0.585. The first-order chi connectivity index (χ1) is 10.0. The summed E-state index contributed by atoms with van der Waals surface area (Å²) in [5.41, 5.74) is 3.12. The molecule has 5 heteroatoms. The van der Waals surface area contributed by atoms with Gasteiger partial charge < -0.3 is 10.6 Å². The molecule has 0 aliphatic rings. The van der Waals surface area contributed by atoms with Crippen LogP contribution in [0.3, 0.4) is 0 Å². The van der Waals surface area contributed by atoms with E-state index in [4.69, 9.17) is 0 Å². The van der Waals surface area contributed by atoms with Gasteiger partial charge in [-0.15, -0.1) is 0 Å². The maximum atomic E-state index is 13.2. The Hall–Kier alpha value is -1.88. The van der Waals surface area contributed by atoms with Crippen LogP contribution in [0.15, 0.2) is 40.9 Å². The van der Waals surface area contributed by atoms with Crippen LogP contribution in [0.5, 0.6) is 0 Å². The van der Waals surface area contributed by atoms with Crippen LogP contribution in [0.2, 0.25) is 0 Å². The van der Waals surface area contributed by atoms with Gasteiger partial charge in [0.15, 0.2) is 0 Å². The van der Waals surface area contributed by atoms with Crippen LogP contribution < -0.4 is 10.6 Å². The Morgan fingerprint density at radius 3 is 2.62 bits per heavy atom. The van der Waals surface area contributed by atoms with Gasteiger partial charge in [-0.25, -0.2) is 4.39 Å². The molecule has 2 N–H and O–H groups in total. The summed E-state index contributed by atoms with van der Waals surface area (Å²) in [5, 5.41) is 5.97. The smallest absolute Gasteiger partial charge is 0.255 e. The quantitative estimate of drug-likeness (QED) is 0.847. The van der Waals surface area contributed by atoms with Crippen molar-refractivity contribution in [2.24, 2.45) is 0 Å². The van der Waals surface area contributed by atoms with Crippen LogP contribution in [-0.2, 0) is 0 Å². The maximum Gasteiger partial charge on any atom is 0.255 e. The molecular weight excluding hydrogens is 335 g/mol. The zero-order chi connectivity index (χ0) is 15.4. The molecule has 0 unspecified atom stereocenters. The summed E-state index contributed by atoms with van der Waals surface area (Å²) < 4.78 is 13.5. The zero-order valence-corrected chi connectivity index (χ0v) is 13.4. The van der Waals surface area contributed by atoms with Crippen molar-refractivity contribution in [3.8, 4) is 0 Å². The number of hydrogen-bond acceptors (Lipinski definition) is 2. The Bertz CT molecular complexity index is 673. The van der Waals surface area contributed by atoms with Crippen LogP contribution in [0, 0.1) is 12.7 Å². The van der Waals surface area contributed by atoms with Crippen molar-refractivity contribution in [2.45, 2.75) is 13.8 Å². The van der Waals surface area contributed by atoms with Crippen molar-refractivity contribution >= 4 is 33.2 Å². The monoisotopic (exact) mass is 350 g/mol. The van der Waals surface area contributed by atoms with Gasteiger partial charge in [-0.1, -0.05) is 0 Å². The Balaban J connectivity index is 2.16. The molecule has 21 heavy (non-hydrogen) atoms. The van der Waals surface area contributed by atoms with Gasteiger partial charge in [0.25, 0.3) is 5.91 Å². The molecule has 0 heterocycles. The predicted octanol–water partition coefficient (Wildman–Crippen LogP) is 4.58. The van der Waals surface area contributed by atoms with Gasteiger partial charge in [0.2, 0.25) is 0 Å². The molecular formula is C16H16BrFN2O. The van der Waals surface area contributed by atoms with E-state index in [1.165, 1.54) is 18.2 Å². The Kier molecular flexibility index (Phi) is 4.96. The van der Waals surface area contributed by atoms with Gasteiger partial charge in [-0.05, 0) is 71.7 Å². The normalized spacial score (nSPS) is 10.3. The second-order valence-electron chi connectivity index (χ2n) is 4.64. The first-order valence-electron chi connectivity index (χ1n) is 6.62. The van der Waals surface area contributed by atoms with Crippen molar-refractivity contribution < 1.29 is 9.18 Å². The molecule has 2 aromatic carbocycles. The van der Waals surface area contributed by atoms with Crippen molar-refractivity contribution in [1.82, 2.24) is 0 Å². The van der Waals surface area contributed by atoms with E-state index in [-0.39, 0.29) is 11.7 Å². The second kappa shape index (κ2) is 6.72. The molecule has 0 atom stereocenters. The third-order valence-corrected chi connectivity index (χ3v) is 3.64. The number of halogens is 2. The minimum absolute atomic E-state index is 0.223. The van der Waals surface area contributed by atoms with Gasteiger partial charge in [0.05, 0.1) is 4.47 Å². The van der Waals surface area contributed by atoms with Crippen molar-refractivity contribution in [2.75, 3.05) is 17.2 Å². The SMILES string of the molecule is CCNc1ccc(C(=O)Nc2ccc(F)c(Br)c2)cc1C. The predicted molar refractivity (Wildman–Crippen MR) is 87.4 cm³/mol. The van der Waals surface area contributed by atoms with E-state index >= 15 is 0 Å². The Morgan fingerprint density at radius 1 is 1.24 bits per heavy atom. The molecule has 2 aromatic rings. The highest BCUT2D eigenvalue weighted by atomic mass is 79.9. The van der Waals surface area contributed by atoms with E-state index in [1.54, 1.807) is 6.07 Å². The average molecular weight is 351 g/mol. The molecule has 0 fully saturated rings. The third-order valence-electron chi connectivity index (χ3n) is 3.03. The van der Waals surface area contributed by atoms with Gasteiger partial charge in [-0.3, -0.25) is 4.79 Å². The number of aryl methyl sites for hydroxylation is 1. The Labute approximate surface area is 131 Å². The summed E-state index contributed by atoms with van der Waals surface area (Å²) >= 11 is 3.10. The largest absolute Gasteiger partial charge is 0.385 e. The summed E-state index contributed by atoms with van der Waals surface area (Å²) in [4.78, 5) is 12.2. The first-order valence-corrected chi connectivity index (χ1v) is 7.41. The number of anilines is 2. The first kappa shape index (κ1) is 15.5. The third kappa shape index (κ3) is 3.82. The molecule has 0 saturated heterocycles. The van der Waals surface area contributed by atoms with Gasteiger partial charge >= 0.3 is 0 Å². The number of carbonyl (C=O) groups is 1. The number of amides is 1. The molecule has 0 saturated carbocycles.